The van der Waals surface area contributed by atoms with Crippen LogP contribution in [0.1, 0.15) is 62.6 Å². The molecule has 2 aliphatic carbocycles. The number of amides is 3. The molecule has 2 saturated carbocycles. The van der Waals surface area contributed by atoms with Crippen molar-refractivity contribution in [1.82, 2.24) is 20.9 Å². The van der Waals surface area contributed by atoms with Crippen LogP contribution in [0.3, 0.4) is 0 Å². The Hall–Kier alpha value is -3.69. The molecule has 1 aromatic heterocycles. The Balaban J connectivity index is 1.46. The van der Waals surface area contributed by atoms with E-state index in [0.29, 0.717) is 31.4 Å². The molecular weight excluding hydrogens is 506 g/mol. The van der Waals surface area contributed by atoms with Crippen molar-refractivity contribution < 1.29 is 28.0 Å². The third kappa shape index (κ3) is 7.46. The molecule has 39 heavy (non-hydrogen) atoms. The Labute approximate surface area is 226 Å². The van der Waals surface area contributed by atoms with Crippen LogP contribution in [-0.4, -0.2) is 46.0 Å². The van der Waals surface area contributed by atoms with Gasteiger partial charge < -0.3 is 16.0 Å². The maximum atomic E-state index is 13.7. The van der Waals surface area contributed by atoms with Gasteiger partial charge in [-0.3, -0.25) is 24.2 Å². The Morgan fingerprint density at radius 2 is 1.59 bits per heavy atom. The second kappa shape index (κ2) is 12.4. The summed E-state index contributed by atoms with van der Waals surface area (Å²) in [6.07, 6.45) is 3.19. The molecule has 4 rings (SSSR count). The molecule has 0 unspecified atom stereocenters. The van der Waals surface area contributed by atoms with Crippen LogP contribution in [0.15, 0.2) is 54.7 Å². The molecule has 2 fully saturated rings. The summed E-state index contributed by atoms with van der Waals surface area (Å²) >= 11 is 0. The van der Waals surface area contributed by atoms with E-state index in [0.717, 1.165) is 5.56 Å². The number of nitrogens with zero attached hydrogens (tertiary/aromatic N) is 1. The van der Waals surface area contributed by atoms with Gasteiger partial charge in [0.05, 0.1) is 12.2 Å². The van der Waals surface area contributed by atoms with Crippen molar-refractivity contribution in [2.24, 2.45) is 5.92 Å². The van der Waals surface area contributed by atoms with Gasteiger partial charge >= 0.3 is 0 Å². The van der Waals surface area contributed by atoms with E-state index >= 15 is 0 Å². The van der Waals surface area contributed by atoms with Gasteiger partial charge in [-0.15, -0.1) is 0 Å². The molecular formula is C29H34F2N4O4. The first-order valence-corrected chi connectivity index (χ1v) is 13.4. The first-order valence-electron chi connectivity index (χ1n) is 13.4. The van der Waals surface area contributed by atoms with Crippen molar-refractivity contribution in [3.63, 3.8) is 0 Å². The number of carbonyl (C=O) groups is 4. The van der Waals surface area contributed by atoms with Gasteiger partial charge in [-0.25, -0.2) is 8.78 Å². The number of benzene rings is 1. The standard InChI is InChI=1S/C29H34F2N4O4/c30-29(31)15-11-21(12-16-29)25(37)35-28(13-5-6-14-28)27(39)34-23(18-20-8-2-1-3-9-20)24(36)26(38)33-19-22-10-4-7-17-32-22/h1-4,7-10,17,21,23H,5-6,11-16,18-19H2,(H,33,38)(H,34,39)(H,35,37)/t23-/m1/s1. The number of nitrogens with one attached hydrogen (secondary N) is 3. The number of halogens is 2. The molecule has 1 atom stereocenters. The lowest BCUT2D eigenvalue weighted by Gasteiger charge is -2.34. The highest BCUT2D eigenvalue weighted by Crippen LogP contribution is 2.37. The Morgan fingerprint density at radius 1 is 0.923 bits per heavy atom. The van der Waals surface area contributed by atoms with Gasteiger partial charge in [0.15, 0.2) is 0 Å². The molecule has 0 spiro atoms. The highest BCUT2D eigenvalue weighted by atomic mass is 19.3. The lowest BCUT2D eigenvalue weighted by Crippen LogP contribution is -2.61. The topological polar surface area (TPSA) is 117 Å². The normalized spacial score (nSPS) is 19.0. The van der Waals surface area contributed by atoms with E-state index in [-0.39, 0.29) is 38.6 Å². The van der Waals surface area contributed by atoms with Crippen LogP contribution in [0, 0.1) is 5.92 Å². The van der Waals surface area contributed by atoms with Crippen LogP contribution < -0.4 is 16.0 Å². The Kier molecular flexibility index (Phi) is 9.04. The monoisotopic (exact) mass is 540 g/mol. The smallest absolute Gasteiger partial charge is 0.289 e. The summed E-state index contributed by atoms with van der Waals surface area (Å²) in [6, 6.07) is 13.1. The molecule has 3 N–H and O–H groups in total. The van der Waals surface area contributed by atoms with E-state index in [2.05, 4.69) is 20.9 Å². The third-order valence-corrected chi connectivity index (χ3v) is 7.63. The van der Waals surface area contributed by atoms with Crippen molar-refractivity contribution in [1.29, 1.82) is 0 Å². The first-order chi connectivity index (χ1) is 18.7. The van der Waals surface area contributed by atoms with E-state index < -0.39 is 46.9 Å². The fraction of sp³-hybridized carbons (Fsp3) is 0.483. The quantitative estimate of drug-likeness (QED) is 0.400. The second-order valence-corrected chi connectivity index (χ2v) is 10.5. The summed E-state index contributed by atoms with van der Waals surface area (Å²) in [4.78, 5) is 56.9. The van der Waals surface area contributed by atoms with E-state index in [1.54, 1.807) is 48.7 Å². The lowest BCUT2D eigenvalue weighted by molar-refractivity contribution is -0.142. The van der Waals surface area contributed by atoms with Crippen molar-refractivity contribution >= 4 is 23.5 Å². The summed E-state index contributed by atoms with van der Waals surface area (Å²) < 4.78 is 27.2. The van der Waals surface area contributed by atoms with Gasteiger partial charge in [-0.05, 0) is 43.4 Å². The maximum absolute atomic E-state index is 13.7. The van der Waals surface area contributed by atoms with Crippen LogP contribution in [-0.2, 0) is 32.1 Å². The lowest BCUT2D eigenvalue weighted by atomic mass is 9.85. The summed E-state index contributed by atoms with van der Waals surface area (Å²) in [5, 5.41) is 8.17. The fourth-order valence-electron chi connectivity index (χ4n) is 5.30. The van der Waals surface area contributed by atoms with Crippen LogP contribution in [0.2, 0.25) is 0 Å². The molecule has 8 nitrogen and oxygen atoms in total. The number of hydrogen-bond donors (Lipinski definition) is 3. The van der Waals surface area contributed by atoms with Crippen molar-refractivity contribution in [3.8, 4) is 0 Å². The average Bonchev–Trinajstić information content (AvgIpc) is 3.41. The molecule has 0 radical (unpaired) electrons. The number of aromatic nitrogens is 1. The van der Waals surface area contributed by atoms with Gasteiger partial charge in [0.1, 0.15) is 11.6 Å². The molecule has 10 heteroatoms. The number of alkyl halides is 2. The van der Waals surface area contributed by atoms with Gasteiger partial charge in [0.2, 0.25) is 23.5 Å². The zero-order valence-electron chi connectivity index (χ0n) is 21.8. The van der Waals surface area contributed by atoms with Crippen LogP contribution in [0.5, 0.6) is 0 Å². The molecule has 1 heterocycles. The number of Topliss-reactive ketones (excluding diaryl/α,β-unsaturated/α-hetero) is 1. The number of hydrogen-bond acceptors (Lipinski definition) is 5. The summed E-state index contributed by atoms with van der Waals surface area (Å²) in [7, 11) is 0. The summed E-state index contributed by atoms with van der Waals surface area (Å²) in [5.74, 6) is -5.97. The van der Waals surface area contributed by atoms with Crippen LogP contribution in [0.4, 0.5) is 8.78 Å². The predicted octanol–water partition coefficient (Wildman–Crippen LogP) is 3.25. The number of rotatable bonds is 10. The molecule has 2 aromatic rings. The van der Waals surface area contributed by atoms with Gasteiger partial charge in [0, 0.05) is 31.4 Å². The van der Waals surface area contributed by atoms with Crippen molar-refractivity contribution in [3.05, 3.63) is 66.0 Å². The highest BCUT2D eigenvalue weighted by Gasteiger charge is 2.46. The Bertz CT molecular complexity index is 1160. The molecule has 208 valence electrons. The Morgan fingerprint density at radius 3 is 2.23 bits per heavy atom. The summed E-state index contributed by atoms with van der Waals surface area (Å²) in [5.41, 5.74) is 0.0770. The second-order valence-electron chi connectivity index (χ2n) is 10.5. The van der Waals surface area contributed by atoms with E-state index in [4.69, 9.17) is 0 Å². The van der Waals surface area contributed by atoms with Crippen molar-refractivity contribution in [2.45, 2.75) is 81.8 Å². The van der Waals surface area contributed by atoms with Gasteiger partial charge in [-0.1, -0.05) is 49.2 Å². The average molecular weight is 541 g/mol. The SMILES string of the molecule is O=C(NCc1ccccn1)C(=O)[C@@H](Cc1ccccc1)NC(=O)C1(NC(=O)C2CCC(F)(F)CC2)CCCC1. The van der Waals surface area contributed by atoms with Crippen LogP contribution >= 0.6 is 0 Å². The molecule has 0 saturated heterocycles. The third-order valence-electron chi connectivity index (χ3n) is 7.63. The highest BCUT2D eigenvalue weighted by molar-refractivity contribution is 6.38. The predicted molar refractivity (Wildman–Crippen MR) is 139 cm³/mol. The number of pyridine rings is 1. The number of ketones is 1. The first kappa shape index (κ1) is 28.3. The minimum absolute atomic E-state index is 0.0534. The largest absolute Gasteiger partial charge is 0.344 e. The molecule has 2 aliphatic rings. The summed E-state index contributed by atoms with van der Waals surface area (Å²) in [6.45, 7) is 0.0534. The molecule has 0 bridgehead atoms. The van der Waals surface area contributed by atoms with Crippen molar-refractivity contribution in [2.75, 3.05) is 0 Å². The number of carbonyl (C=O) groups excluding carboxylic acids is 4. The van der Waals surface area contributed by atoms with E-state index in [1.165, 1.54) is 0 Å². The minimum atomic E-state index is -2.76. The van der Waals surface area contributed by atoms with Crippen LogP contribution in [0.25, 0.3) is 0 Å². The maximum Gasteiger partial charge on any atom is 0.289 e. The minimum Gasteiger partial charge on any atom is -0.344 e. The van der Waals surface area contributed by atoms with E-state index in [1.807, 2.05) is 6.07 Å². The van der Waals surface area contributed by atoms with E-state index in [9.17, 15) is 28.0 Å². The zero-order valence-corrected chi connectivity index (χ0v) is 21.8. The fourth-order valence-corrected chi connectivity index (χ4v) is 5.30. The molecule has 1 aromatic carbocycles. The molecule has 0 aliphatic heterocycles. The zero-order chi connectivity index (χ0) is 27.9. The van der Waals surface area contributed by atoms with Gasteiger partial charge in [-0.2, -0.15) is 0 Å². The molecule has 3 amide bonds. The van der Waals surface area contributed by atoms with Gasteiger partial charge in [0.25, 0.3) is 5.91 Å².